The summed E-state index contributed by atoms with van der Waals surface area (Å²) >= 11 is 0. The van der Waals surface area contributed by atoms with Crippen molar-refractivity contribution >= 4 is 23.1 Å². The van der Waals surface area contributed by atoms with Crippen LogP contribution in [0.1, 0.15) is 17.2 Å². The van der Waals surface area contributed by atoms with Gasteiger partial charge in [-0.25, -0.2) is 0 Å². The molecule has 0 aliphatic carbocycles. The van der Waals surface area contributed by atoms with Crippen LogP contribution in [0.2, 0.25) is 0 Å². The first-order valence-electron chi connectivity index (χ1n) is 11.0. The lowest BCUT2D eigenvalue weighted by atomic mass is 9.94. The van der Waals surface area contributed by atoms with Crippen LogP contribution in [0.25, 0.3) is 5.76 Å². The molecule has 0 radical (unpaired) electrons. The highest BCUT2D eigenvalue weighted by Crippen LogP contribution is 2.41. The highest BCUT2D eigenvalue weighted by molar-refractivity contribution is 6.46. The number of carbonyl (C=O) groups excluding carboxylic acids is 2. The topological polar surface area (TPSA) is 143 Å². The first kappa shape index (κ1) is 24.2. The number of ketones is 1. The number of rotatable bonds is 7. The molecule has 11 nitrogen and oxygen atoms in total. The molecular formula is C24H25N3O8. The Labute approximate surface area is 200 Å². The number of phenolic OH excluding ortho intramolecular Hbond substituents is 1. The van der Waals surface area contributed by atoms with Gasteiger partial charge in [0.25, 0.3) is 17.4 Å². The number of aliphatic hydroxyl groups excluding tert-OH is 1. The molecule has 0 saturated carbocycles. The van der Waals surface area contributed by atoms with Crippen LogP contribution >= 0.6 is 0 Å². The summed E-state index contributed by atoms with van der Waals surface area (Å²) in [5.74, 6) is -2.35. The molecule has 2 aliphatic rings. The first-order valence-corrected chi connectivity index (χ1v) is 11.0. The molecule has 1 unspecified atom stereocenters. The van der Waals surface area contributed by atoms with Crippen LogP contribution in [-0.2, 0) is 14.3 Å². The predicted octanol–water partition coefficient (Wildman–Crippen LogP) is 2.06. The van der Waals surface area contributed by atoms with Crippen molar-refractivity contribution in [2.24, 2.45) is 0 Å². The summed E-state index contributed by atoms with van der Waals surface area (Å²) in [7, 11) is 1.41. The Balaban J connectivity index is 1.79. The summed E-state index contributed by atoms with van der Waals surface area (Å²) in [5, 5.41) is 32.9. The fourth-order valence-electron chi connectivity index (χ4n) is 4.32. The second kappa shape index (κ2) is 10.1. The van der Waals surface area contributed by atoms with Crippen molar-refractivity contribution in [2.45, 2.75) is 6.04 Å². The minimum Gasteiger partial charge on any atom is -0.507 e. The van der Waals surface area contributed by atoms with Crippen molar-refractivity contribution in [3.8, 4) is 11.5 Å². The fourth-order valence-corrected chi connectivity index (χ4v) is 4.32. The van der Waals surface area contributed by atoms with E-state index in [-0.39, 0.29) is 29.1 Å². The maximum Gasteiger partial charge on any atom is 0.295 e. The average Bonchev–Trinajstić information content (AvgIpc) is 3.12. The minimum absolute atomic E-state index is 0.0626. The Morgan fingerprint density at radius 3 is 2.57 bits per heavy atom. The van der Waals surface area contributed by atoms with Crippen LogP contribution in [0.15, 0.2) is 48.0 Å². The summed E-state index contributed by atoms with van der Waals surface area (Å²) in [4.78, 5) is 40.4. The third-order valence-corrected chi connectivity index (χ3v) is 6.16. The van der Waals surface area contributed by atoms with Gasteiger partial charge in [-0.3, -0.25) is 24.6 Å². The van der Waals surface area contributed by atoms with Crippen molar-refractivity contribution in [1.82, 2.24) is 9.80 Å². The Morgan fingerprint density at radius 1 is 1.17 bits per heavy atom. The molecule has 2 aromatic carbocycles. The van der Waals surface area contributed by atoms with Crippen LogP contribution in [-0.4, -0.2) is 83.1 Å². The molecule has 11 heteroatoms. The van der Waals surface area contributed by atoms with E-state index in [1.807, 2.05) is 0 Å². The van der Waals surface area contributed by atoms with Gasteiger partial charge in [0.05, 0.1) is 42.4 Å². The van der Waals surface area contributed by atoms with Crippen LogP contribution in [0, 0.1) is 10.1 Å². The van der Waals surface area contributed by atoms with Crippen LogP contribution in [0.5, 0.6) is 11.5 Å². The van der Waals surface area contributed by atoms with E-state index < -0.39 is 28.4 Å². The maximum atomic E-state index is 13.1. The van der Waals surface area contributed by atoms with Gasteiger partial charge in [-0.2, -0.15) is 0 Å². The fraction of sp³-hybridized carbons (Fsp3) is 0.333. The Kier molecular flexibility index (Phi) is 6.99. The molecule has 0 aromatic heterocycles. The summed E-state index contributed by atoms with van der Waals surface area (Å²) in [5.41, 5.74) is -0.228. The van der Waals surface area contributed by atoms with E-state index in [1.165, 1.54) is 48.4 Å². The van der Waals surface area contributed by atoms with Crippen molar-refractivity contribution in [3.05, 3.63) is 69.3 Å². The number of methoxy groups -OCH3 is 1. The number of ether oxygens (including phenoxy) is 2. The summed E-state index contributed by atoms with van der Waals surface area (Å²) in [6.07, 6.45) is 0. The van der Waals surface area contributed by atoms with Gasteiger partial charge in [0.2, 0.25) is 0 Å². The third kappa shape index (κ3) is 4.81. The molecule has 2 saturated heterocycles. The molecular weight excluding hydrogens is 458 g/mol. The first-order chi connectivity index (χ1) is 16.8. The number of nitro benzene ring substituents is 1. The number of hydrogen-bond acceptors (Lipinski definition) is 9. The Bertz CT molecular complexity index is 1190. The van der Waals surface area contributed by atoms with Crippen molar-refractivity contribution in [3.63, 3.8) is 0 Å². The molecule has 1 amide bonds. The zero-order chi connectivity index (χ0) is 25.1. The number of Topliss-reactive ketones (excluding diaryl/α,β-unsaturated/α-hetero) is 1. The lowest BCUT2D eigenvalue weighted by Crippen LogP contribution is -2.42. The lowest BCUT2D eigenvalue weighted by Gasteiger charge is -2.31. The Hall–Kier alpha value is -3.96. The maximum absolute atomic E-state index is 13.1. The van der Waals surface area contributed by atoms with Gasteiger partial charge in [-0.1, -0.05) is 12.1 Å². The van der Waals surface area contributed by atoms with E-state index in [1.54, 1.807) is 6.07 Å². The number of aromatic hydroxyl groups is 1. The molecule has 2 N–H and O–H groups in total. The summed E-state index contributed by atoms with van der Waals surface area (Å²) < 4.78 is 10.4. The summed E-state index contributed by atoms with van der Waals surface area (Å²) in [6.45, 7) is 3.07. The normalized spacial score (nSPS) is 20.3. The van der Waals surface area contributed by atoms with Gasteiger partial charge in [0.1, 0.15) is 17.3 Å². The highest BCUT2D eigenvalue weighted by Gasteiger charge is 2.46. The van der Waals surface area contributed by atoms with E-state index in [9.17, 15) is 29.9 Å². The summed E-state index contributed by atoms with van der Waals surface area (Å²) in [6, 6.07) is 8.66. The van der Waals surface area contributed by atoms with Crippen LogP contribution in [0.3, 0.4) is 0 Å². The van der Waals surface area contributed by atoms with Crippen molar-refractivity contribution in [2.75, 3.05) is 46.5 Å². The molecule has 184 valence electrons. The van der Waals surface area contributed by atoms with E-state index in [0.29, 0.717) is 44.2 Å². The number of aliphatic hydroxyl groups is 1. The second-order valence-corrected chi connectivity index (χ2v) is 8.18. The number of morpholine rings is 1. The molecule has 2 heterocycles. The van der Waals surface area contributed by atoms with Crippen molar-refractivity contribution in [1.29, 1.82) is 0 Å². The molecule has 0 bridgehead atoms. The lowest BCUT2D eigenvalue weighted by molar-refractivity contribution is -0.384. The number of nitro groups is 1. The quantitative estimate of drug-likeness (QED) is 0.199. The number of nitrogens with zero attached hydrogens (tertiary/aromatic N) is 3. The SMILES string of the molecule is COc1ccc(C(O)=C2C(=O)C(=O)N(CCN3CCOCC3)C2c2cccc([N+](=O)[O-])c2)c(O)c1. The number of likely N-dealkylation sites (tertiary alicyclic amines) is 1. The van der Waals surface area contributed by atoms with Gasteiger partial charge in [-0.15, -0.1) is 0 Å². The van der Waals surface area contributed by atoms with Crippen LogP contribution < -0.4 is 4.74 Å². The number of carbonyl (C=O) groups is 2. The van der Waals surface area contributed by atoms with Crippen LogP contribution in [0.4, 0.5) is 5.69 Å². The molecule has 4 rings (SSSR count). The molecule has 2 fully saturated rings. The average molecular weight is 483 g/mol. The number of amides is 1. The third-order valence-electron chi connectivity index (χ3n) is 6.16. The number of benzene rings is 2. The number of non-ortho nitro benzene ring substituents is 1. The highest BCUT2D eigenvalue weighted by atomic mass is 16.6. The van der Waals surface area contributed by atoms with E-state index in [2.05, 4.69) is 4.90 Å². The number of phenols is 1. The van der Waals surface area contributed by atoms with Gasteiger partial charge >= 0.3 is 0 Å². The van der Waals surface area contributed by atoms with E-state index >= 15 is 0 Å². The molecule has 2 aromatic rings. The van der Waals surface area contributed by atoms with Gasteiger partial charge < -0.3 is 24.6 Å². The van der Waals surface area contributed by atoms with Crippen molar-refractivity contribution < 1.29 is 34.2 Å². The molecule has 2 aliphatic heterocycles. The zero-order valence-electron chi connectivity index (χ0n) is 19.0. The predicted molar refractivity (Wildman–Crippen MR) is 124 cm³/mol. The zero-order valence-corrected chi connectivity index (χ0v) is 19.0. The van der Waals surface area contributed by atoms with Gasteiger partial charge in [-0.05, 0) is 17.7 Å². The smallest absolute Gasteiger partial charge is 0.295 e. The molecule has 35 heavy (non-hydrogen) atoms. The molecule has 0 spiro atoms. The van der Waals surface area contributed by atoms with Gasteiger partial charge in [0.15, 0.2) is 0 Å². The van der Waals surface area contributed by atoms with Gasteiger partial charge in [0, 0.05) is 44.4 Å². The van der Waals surface area contributed by atoms with E-state index in [4.69, 9.17) is 9.47 Å². The largest absolute Gasteiger partial charge is 0.507 e. The molecule has 1 atom stereocenters. The van der Waals surface area contributed by atoms with E-state index in [0.717, 1.165) is 0 Å². The monoisotopic (exact) mass is 483 g/mol. The number of hydrogen-bond donors (Lipinski definition) is 2. The standard InChI is InChI=1S/C24H25N3O8/c1-34-17-5-6-18(19(28)14-17)22(29)20-21(15-3-2-4-16(13-15)27(32)33)26(24(31)23(20)30)8-7-25-9-11-35-12-10-25/h2-6,13-14,21,28-29H,7-12H2,1H3. The minimum atomic E-state index is -1.07. The Morgan fingerprint density at radius 2 is 1.91 bits per heavy atom. The second-order valence-electron chi connectivity index (χ2n) is 8.18.